The van der Waals surface area contributed by atoms with Gasteiger partial charge in [0, 0.05) is 18.5 Å². The molecule has 2 aliphatic carbocycles. The van der Waals surface area contributed by atoms with Crippen LogP contribution in [0.3, 0.4) is 0 Å². The molecule has 1 amide bonds. The molecule has 0 radical (unpaired) electrons. The summed E-state index contributed by atoms with van der Waals surface area (Å²) in [7, 11) is 0. The minimum Gasteiger partial charge on any atom is -0.356 e. The monoisotopic (exact) mass is 196 g/mol. The molecule has 4 atom stereocenters. The first kappa shape index (κ1) is 9.97. The van der Waals surface area contributed by atoms with Gasteiger partial charge in [-0.1, -0.05) is 13.3 Å². The molecule has 3 nitrogen and oxygen atoms in total. The average Bonchev–Trinajstić information content (AvgIpc) is 2.74. The normalized spacial score (nSPS) is 41.0. The molecule has 80 valence electrons. The summed E-state index contributed by atoms with van der Waals surface area (Å²) in [5, 5.41) is 3.03. The Hall–Kier alpha value is -0.570. The highest BCUT2D eigenvalue weighted by atomic mass is 16.2. The first-order valence-corrected chi connectivity index (χ1v) is 5.71. The quantitative estimate of drug-likeness (QED) is 0.704. The van der Waals surface area contributed by atoms with E-state index in [1.807, 2.05) is 0 Å². The van der Waals surface area contributed by atoms with Crippen molar-refractivity contribution in [3.05, 3.63) is 0 Å². The van der Waals surface area contributed by atoms with Gasteiger partial charge in [-0.2, -0.15) is 0 Å². The largest absolute Gasteiger partial charge is 0.356 e. The van der Waals surface area contributed by atoms with E-state index in [-0.39, 0.29) is 5.91 Å². The fourth-order valence-electron chi connectivity index (χ4n) is 2.37. The van der Waals surface area contributed by atoms with E-state index >= 15 is 0 Å². The summed E-state index contributed by atoms with van der Waals surface area (Å²) in [6.07, 6.45) is 4.60. The smallest absolute Gasteiger partial charge is 0.223 e. The molecule has 2 saturated carbocycles. The zero-order chi connectivity index (χ0) is 10.1. The van der Waals surface area contributed by atoms with Gasteiger partial charge >= 0.3 is 0 Å². The van der Waals surface area contributed by atoms with Crippen LogP contribution in [0.1, 0.15) is 32.6 Å². The van der Waals surface area contributed by atoms with E-state index in [1.54, 1.807) is 0 Å². The van der Waals surface area contributed by atoms with Gasteiger partial charge in [0.25, 0.3) is 0 Å². The maximum atomic E-state index is 11.5. The van der Waals surface area contributed by atoms with Gasteiger partial charge in [-0.25, -0.2) is 0 Å². The molecule has 0 aromatic rings. The lowest BCUT2D eigenvalue weighted by Crippen LogP contribution is -2.36. The van der Waals surface area contributed by atoms with E-state index in [0.717, 1.165) is 19.4 Å². The Kier molecular flexibility index (Phi) is 2.77. The Balaban J connectivity index is 1.69. The molecule has 4 unspecified atom stereocenters. The van der Waals surface area contributed by atoms with Gasteiger partial charge in [0.15, 0.2) is 0 Å². The number of nitrogens with two attached hydrogens (primary N) is 1. The van der Waals surface area contributed by atoms with Gasteiger partial charge in [0.2, 0.25) is 5.91 Å². The Bertz CT molecular complexity index is 229. The highest BCUT2D eigenvalue weighted by molar-refractivity contribution is 5.81. The van der Waals surface area contributed by atoms with E-state index < -0.39 is 0 Å². The molecular formula is C11H20N2O. The molecule has 0 aromatic heterocycles. The lowest BCUT2D eigenvalue weighted by atomic mass is 10.0. The van der Waals surface area contributed by atoms with Gasteiger partial charge in [-0.15, -0.1) is 0 Å². The first-order chi connectivity index (χ1) is 6.68. The predicted octanol–water partition coefficient (Wildman–Crippen LogP) is 0.886. The van der Waals surface area contributed by atoms with Crippen molar-refractivity contribution in [2.24, 2.45) is 23.5 Å². The Morgan fingerprint density at radius 1 is 1.50 bits per heavy atom. The van der Waals surface area contributed by atoms with Gasteiger partial charge < -0.3 is 11.1 Å². The summed E-state index contributed by atoms with van der Waals surface area (Å²) in [6.45, 7) is 2.93. The lowest BCUT2D eigenvalue weighted by Gasteiger charge is -2.15. The second-order valence-corrected chi connectivity index (χ2v) is 4.92. The van der Waals surface area contributed by atoms with E-state index in [2.05, 4.69) is 12.2 Å². The van der Waals surface area contributed by atoms with Gasteiger partial charge in [-0.05, 0) is 31.1 Å². The number of carbonyl (C=O) groups is 1. The molecule has 2 aliphatic rings. The topological polar surface area (TPSA) is 55.1 Å². The van der Waals surface area contributed by atoms with E-state index in [4.69, 9.17) is 5.73 Å². The SMILES string of the molecule is CC1CC1C(=O)NCC1CCCC1N. The van der Waals surface area contributed by atoms with Gasteiger partial charge in [0.05, 0.1) is 0 Å². The molecule has 2 fully saturated rings. The third kappa shape index (κ3) is 2.08. The number of carbonyl (C=O) groups excluding carboxylic acids is 1. The molecule has 0 heterocycles. The zero-order valence-corrected chi connectivity index (χ0v) is 8.83. The molecule has 0 spiro atoms. The molecule has 2 rings (SSSR count). The maximum Gasteiger partial charge on any atom is 0.223 e. The number of rotatable bonds is 3. The number of amides is 1. The average molecular weight is 196 g/mol. The van der Waals surface area contributed by atoms with Crippen LogP contribution in [0.2, 0.25) is 0 Å². The van der Waals surface area contributed by atoms with Crippen LogP contribution in [0, 0.1) is 17.8 Å². The van der Waals surface area contributed by atoms with Crippen molar-refractivity contribution in [3.8, 4) is 0 Å². The van der Waals surface area contributed by atoms with Crippen LogP contribution in [0.15, 0.2) is 0 Å². The highest BCUT2D eigenvalue weighted by Crippen LogP contribution is 2.37. The molecule has 0 aromatic carbocycles. The minimum atomic E-state index is 0.247. The third-order valence-electron chi connectivity index (χ3n) is 3.70. The van der Waals surface area contributed by atoms with Gasteiger partial charge in [0.1, 0.15) is 0 Å². The summed E-state index contributed by atoms with van der Waals surface area (Å²) >= 11 is 0. The van der Waals surface area contributed by atoms with Crippen molar-refractivity contribution in [3.63, 3.8) is 0 Å². The van der Waals surface area contributed by atoms with Crippen molar-refractivity contribution in [2.45, 2.75) is 38.6 Å². The third-order valence-corrected chi connectivity index (χ3v) is 3.70. The molecule has 14 heavy (non-hydrogen) atoms. The highest BCUT2D eigenvalue weighted by Gasteiger charge is 2.39. The summed E-state index contributed by atoms with van der Waals surface area (Å²) in [5.74, 6) is 1.67. The minimum absolute atomic E-state index is 0.247. The molecule has 0 aliphatic heterocycles. The Labute approximate surface area is 85.4 Å². The number of hydrogen-bond donors (Lipinski definition) is 2. The Morgan fingerprint density at radius 3 is 2.71 bits per heavy atom. The molecule has 0 bridgehead atoms. The van der Waals surface area contributed by atoms with E-state index in [1.165, 1.54) is 12.8 Å². The summed E-state index contributed by atoms with van der Waals surface area (Å²) < 4.78 is 0. The van der Waals surface area contributed by atoms with Crippen molar-refractivity contribution < 1.29 is 4.79 Å². The number of nitrogens with one attached hydrogen (secondary N) is 1. The van der Waals surface area contributed by atoms with Crippen LogP contribution in [0.4, 0.5) is 0 Å². The van der Waals surface area contributed by atoms with Crippen LogP contribution in [-0.4, -0.2) is 18.5 Å². The summed E-state index contributed by atoms with van der Waals surface area (Å²) in [6, 6.07) is 0.312. The van der Waals surface area contributed by atoms with Crippen molar-refractivity contribution >= 4 is 5.91 Å². The van der Waals surface area contributed by atoms with Crippen LogP contribution in [-0.2, 0) is 4.79 Å². The fraction of sp³-hybridized carbons (Fsp3) is 0.909. The molecule has 3 heteroatoms. The van der Waals surface area contributed by atoms with Gasteiger partial charge in [-0.3, -0.25) is 4.79 Å². The van der Waals surface area contributed by atoms with Crippen LogP contribution >= 0.6 is 0 Å². The number of hydrogen-bond acceptors (Lipinski definition) is 2. The second kappa shape index (κ2) is 3.89. The summed E-state index contributed by atoms with van der Waals surface area (Å²) in [4.78, 5) is 11.5. The van der Waals surface area contributed by atoms with Crippen LogP contribution in [0.5, 0.6) is 0 Å². The zero-order valence-electron chi connectivity index (χ0n) is 8.83. The van der Waals surface area contributed by atoms with E-state index in [9.17, 15) is 4.79 Å². The van der Waals surface area contributed by atoms with Crippen molar-refractivity contribution in [2.75, 3.05) is 6.54 Å². The van der Waals surface area contributed by atoms with E-state index in [0.29, 0.717) is 23.8 Å². The fourth-order valence-corrected chi connectivity index (χ4v) is 2.37. The van der Waals surface area contributed by atoms with Crippen molar-refractivity contribution in [1.82, 2.24) is 5.32 Å². The first-order valence-electron chi connectivity index (χ1n) is 5.71. The maximum absolute atomic E-state index is 11.5. The lowest BCUT2D eigenvalue weighted by molar-refractivity contribution is -0.122. The second-order valence-electron chi connectivity index (χ2n) is 4.92. The van der Waals surface area contributed by atoms with Crippen LogP contribution < -0.4 is 11.1 Å². The summed E-state index contributed by atoms with van der Waals surface area (Å²) in [5.41, 5.74) is 5.93. The molecular weight excluding hydrogens is 176 g/mol. The van der Waals surface area contributed by atoms with Crippen molar-refractivity contribution in [1.29, 1.82) is 0 Å². The predicted molar refractivity (Wildman–Crippen MR) is 55.6 cm³/mol. The molecule has 3 N–H and O–H groups in total. The van der Waals surface area contributed by atoms with Crippen LogP contribution in [0.25, 0.3) is 0 Å². The molecule has 0 saturated heterocycles. The Morgan fingerprint density at radius 2 is 2.21 bits per heavy atom. The standard InChI is InChI=1S/C11H20N2O/c1-7-5-9(7)11(14)13-6-8-3-2-4-10(8)12/h7-10H,2-6,12H2,1H3,(H,13,14).